The van der Waals surface area contributed by atoms with E-state index in [9.17, 15) is 14.7 Å². The van der Waals surface area contributed by atoms with Crippen LogP contribution in [0.1, 0.15) is 56.2 Å². The summed E-state index contributed by atoms with van der Waals surface area (Å²) in [6, 6.07) is 16.6. The van der Waals surface area contributed by atoms with Crippen molar-refractivity contribution in [1.82, 2.24) is 14.7 Å². The summed E-state index contributed by atoms with van der Waals surface area (Å²) < 4.78 is 13.1. The lowest BCUT2D eigenvalue weighted by atomic mass is 10.0. The number of aromatic nitrogens is 2. The lowest BCUT2D eigenvalue weighted by Crippen LogP contribution is -2.35. The minimum Gasteiger partial charge on any atom is -0.478 e. The normalized spacial score (nSPS) is 15.8. The first-order chi connectivity index (χ1) is 16.7. The summed E-state index contributed by atoms with van der Waals surface area (Å²) in [5.74, 6) is 0.352. The van der Waals surface area contributed by atoms with E-state index in [0.29, 0.717) is 48.6 Å². The maximum absolute atomic E-state index is 12.5. The van der Waals surface area contributed by atoms with E-state index in [-0.39, 0.29) is 17.7 Å². The first kappa shape index (κ1) is 24.3. The van der Waals surface area contributed by atoms with E-state index in [1.165, 1.54) is 0 Å². The number of likely N-dealkylation sites (tertiary alicyclic amines) is 1. The van der Waals surface area contributed by atoms with E-state index in [2.05, 4.69) is 0 Å². The molecular formula is C27H31N3O5. The molecule has 8 heteroatoms. The van der Waals surface area contributed by atoms with Crippen molar-refractivity contribution in [3.8, 4) is 22.8 Å². The highest BCUT2D eigenvalue weighted by Crippen LogP contribution is 2.33. The molecule has 1 atom stereocenters. The van der Waals surface area contributed by atoms with Crippen LogP contribution in [0.2, 0.25) is 0 Å². The van der Waals surface area contributed by atoms with Crippen LogP contribution >= 0.6 is 0 Å². The van der Waals surface area contributed by atoms with Gasteiger partial charge in [-0.2, -0.15) is 5.10 Å². The molecule has 4 rings (SSSR count). The van der Waals surface area contributed by atoms with Crippen LogP contribution in [0.5, 0.6) is 11.5 Å². The van der Waals surface area contributed by atoms with E-state index >= 15 is 0 Å². The fourth-order valence-electron chi connectivity index (χ4n) is 4.28. The van der Waals surface area contributed by atoms with Crippen LogP contribution in [0.4, 0.5) is 4.79 Å². The number of carboxylic acid groups (broad SMARTS) is 1. The quantitative estimate of drug-likeness (QED) is 0.483. The van der Waals surface area contributed by atoms with Crippen LogP contribution < -0.4 is 4.74 Å². The molecule has 0 radical (unpaired) electrons. The summed E-state index contributed by atoms with van der Waals surface area (Å²) >= 11 is 0. The number of carboxylic acids is 1. The number of para-hydroxylation sites is 1. The summed E-state index contributed by atoms with van der Waals surface area (Å²) in [6.45, 7) is 8.38. The fraction of sp³-hybridized carbons (Fsp3) is 0.370. The number of ether oxygens (including phenoxy) is 2. The second-order valence-electron chi connectivity index (χ2n) is 9.58. The molecule has 0 saturated carbocycles. The van der Waals surface area contributed by atoms with Crippen molar-refractivity contribution in [3.05, 3.63) is 65.9 Å². The SMILES string of the molecule is CCc1c(C(=O)O)c(-c2ccc(Oc3ccccc3)cc2)nn1[C@@H]1CCN(C(=O)OC(C)(C)C)C1. The molecule has 3 aromatic rings. The number of amides is 1. The molecule has 2 heterocycles. The van der Waals surface area contributed by atoms with Crippen LogP contribution in [0, 0.1) is 0 Å². The molecular weight excluding hydrogens is 446 g/mol. The van der Waals surface area contributed by atoms with Crippen molar-refractivity contribution in [1.29, 1.82) is 0 Å². The van der Waals surface area contributed by atoms with Gasteiger partial charge in [-0.1, -0.05) is 25.1 Å². The van der Waals surface area contributed by atoms with E-state index in [0.717, 1.165) is 5.75 Å². The molecule has 0 aliphatic carbocycles. The van der Waals surface area contributed by atoms with Gasteiger partial charge in [0.2, 0.25) is 0 Å². The van der Waals surface area contributed by atoms with Crippen LogP contribution in [-0.2, 0) is 11.2 Å². The number of carbonyl (C=O) groups excluding carboxylic acids is 1. The molecule has 1 N–H and O–H groups in total. The molecule has 2 aromatic carbocycles. The van der Waals surface area contributed by atoms with Crippen molar-refractivity contribution in [2.75, 3.05) is 13.1 Å². The van der Waals surface area contributed by atoms with Crippen molar-refractivity contribution < 1.29 is 24.2 Å². The Morgan fingerprint density at radius 2 is 1.71 bits per heavy atom. The van der Waals surface area contributed by atoms with Crippen LogP contribution in [0.3, 0.4) is 0 Å². The Hall–Kier alpha value is -3.81. The lowest BCUT2D eigenvalue weighted by Gasteiger charge is -2.24. The Kier molecular flexibility index (Phi) is 6.82. The Balaban J connectivity index is 1.60. The highest BCUT2D eigenvalue weighted by Gasteiger charge is 2.34. The summed E-state index contributed by atoms with van der Waals surface area (Å²) in [6.07, 6.45) is 0.821. The fourth-order valence-corrected chi connectivity index (χ4v) is 4.28. The second-order valence-corrected chi connectivity index (χ2v) is 9.58. The third kappa shape index (κ3) is 5.48. The molecule has 1 aliphatic heterocycles. The largest absolute Gasteiger partial charge is 0.478 e. The monoisotopic (exact) mass is 477 g/mol. The molecule has 1 amide bonds. The average molecular weight is 478 g/mol. The van der Waals surface area contributed by atoms with E-state index in [4.69, 9.17) is 14.6 Å². The standard InChI is InChI=1S/C27H31N3O5/c1-5-22-23(25(31)32)24(18-11-13-21(14-12-18)34-20-9-7-6-8-10-20)28-30(22)19-15-16-29(17-19)26(33)35-27(2,3)4/h6-14,19H,5,15-17H2,1-4H3,(H,31,32)/t19-/m1/s1. The Labute approximate surface area is 205 Å². The second kappa shape index (κ2) is 9.82. The van der Waals surface area contributed by atoms with Crippen molar-refractivity contribution in [2.45, 2.75) is 52.2 Å². The number of aromatic carboxylic acids is 1. The van der Waals surface area contributed by atoms with Gasteiger partial charge in [0.1, 0.15) is 28.4 Å². The molecule has 184 valence electrons. The molecule has 35 heavy (non-hydrogen) atoms. The lowest BCUT2D eigenvalue weighted by molar-refractivity contribution is 0.0287. The zero-order valence-corrected chi connectivity index (χ0v) is 20.5. The number of hydrogen-bond donors (Lipinski definition) is 1. The number of rotatable bonds is 6. The highest BCUT2D eigenvalue weighted by molar-refractivity contribution is 5.96. The Morgan fingerprint density at radius 3 is 2.31 bits per heavy atom. The highest BCUT2D eigenvalue weighted by atomic mass is 16.6. The van der Waals surface area contributed by atoms with Crippen molar-refractivity contribution in [3.63, 3.8) is 0 Å². The summed E-state index contributed by atoms with van der Waals surface area (Å²) in [5.41, 5.74) is 1.37. The zero-order valence-electron chi connectivity index (χ0n) is 20.5. The number of benzene rings is 2. The number of hydrogen-bond acceptors (Lipinski definition) is 5. The molecule has 1 aliphatic rings. The van der Waals surface area contributed by atoms with Gasteiger partial charge in [0.05, 0.1) is 11.7 Å². The third-order valence-electron chi connectivity index (χ3n) is 5.83. The molecule has 1 aromatic heterocycles. The molecule has 1 fully saturated rings. The Bertz CT molecular complexity index is 1200. The van der Waals surface area contributed by atoms with E-state index < -0.39 is 11.6 Å². The van der Waals surface area contributed by atoms with Gasteiger partial charge in [0.15, 0.2) is 0 Å². The third-order valence-corrected chi connectivity index (χ3v) is 5.83. The molecule has 8 nitrogen and oxygen atoms in total. The van der Waals surface area contributed by atoms with Crippen LogP contribution in [0.15, 0.2) is 54.6 Å². The van der Waals surface area contributed by atoms with Gasteiger partial charge in [-0.05, 0) is 70.0 Å². The van der Waals surface area contributed by atoms with Crippen LogP contribution in [-0.4, -0.2) is 50.5 Å². The predicted molar refractivity (Wildman–Crippen MR) is 132 cm³/mol. The number of carbonyl (C=O) groups is 2. The predicted octanol–water partition coefficient (Wildman–Crippen LogP) is 5.78. The van der Waals surface area contributed by atoms with Gasteiger partial charge in [-0.3, -0.25) is 4.68 Å². The van der Waals surface area contributed by atoms with Gasteiger partial charge >= 0.3 is 12.1 Å². The minimum absolute atomic E-state index is 0.120. The van der Waals surface area contributed by atoms with Gasteiger partial charge in [0, 0.05) is 18.7 Å². The van der Waals surface area contributed by atoms with Gasteiger partial charge in [-0.15, -0.1) is 0 Å². The molecule has 1 saturated heterocycles. The molecule has 0 spiro atoms. The smallest absolute Gasteiger partial charge is 0.410 e. The van der Waals surface area contributed by atoms with Gasteiger partial charge < -0.3 is 19.5 Å². The van der Waals surface area contributed by atoms with Crippen molar-refractivity contribution >= 4 is 12.1 Å². The molecule has 0 unspecified atom stereocenters. The Morgan fingerprint density at radius 1 is 1.06 bits per heavy atom. The summed E-state index contributed by atoms with van der Waals surface area (Å²) in [7, 11) is 0. The first-order valence-electron chi connectivity index (χ1n) is 11.8. The maximum atomic E-state index is 12.5. The van der Waals surface area contributed by atoms with E-state index in [1.54, 1.807) is 21.7 Å². The molecule has 0 bridgehead atoms. The average Bonchev–Trinajstić information content (AvgIpc) is 3.44. The summed E-state index contributed by atoms with van der Waals surface area (Å²) in [5, 5.41) is 14.8. The van der Waals surface area contributed by atoms with Crippen LogP contribution in [0.25, 0.3) is 11.3 Å². The number of nitrogens with zero attached hydrogens (tertiary/aromatic N) is 3. The maximum Gasteiger partial charge on any atom is 0.410 e. The first-order valence-corrected chi connectivity index (χ1v) is 11.8. The van der Waals surface area contributed by atoms with Gasteiger partial charge in [-0.25, -0.2) is 9.59 Å². The topological polar surface area (TPSA) is 93.9 Å². The van der Waals surface area contributed by atoms with Crippen molar-refractivity contribution in [2.24, 2.45) is 0 Å². The zero-order chi connectivity index (χ0) is 25.2. The van der Waals surface area contributed by atoms with E-state index in [1.807, 2.05) is 70.2 Å². The van der Waals surface area contributed by atoms with Gasteiger partial charge in [0.25, 0.3) is 0 Å². The minimum atomic E-state index is -1.02. The summed E-state index contributed by atoms with van der Waals surface area (Å²) in [4.78, 5) is 26.5.